The summed E-state index contributed by atoms with van der Waals surface area (Å²) >= 11 is 6.25. The second-order valence-corrected chi connectivity index (χ2v) is 9.71. The van der Waals surface area contributed by atoms with Crippen LogP contribution in [-0.4, -0.2) is 77.4 Å². The molecule has 0 N–H and O–H groups in total. The molecule has 0 aliphatic carbocycles. The molecule has 3 aliphatic rings. The van der Waals surface area contributed by atoms with Crippen LogP contribution >= 0.6 is 11.6 Å². The van der Waals surface area contributed by atoms with Crippen LogP contribution in [0.1, 0.15) is 36.0 Å². The fourth-order valence-electron chi connectivity index (χ4n) is 5.44. The Morgan fingerprint density at radius 1 is 0.853 bits per heavy atom. The highest BCUT2D eigenvalue weighted by Gasteiger charge is 2.54. The van der Waals surface area contributed by atoms with Crippen molar-refractivity contribution in [1.29, 1.82) is 0 Å². The van der Waals surface area contributed by atoms with E-state index in [-0.39, 0.29) is 24.3 Å². The van der Waals surface area contributed by atoms with Crippen LogP contribution in [0.15, 0.2) is 54.6 Å². The van der Waals surface area contributed by atoms with Crippen LogP contribution in [-0.2, 0) is 9.59 Å². The predicted molar refractivity (Wildman–Crippen MR) is 131 cm³/mol. The summed E-state index contributed by atoms with van der Waals surface area (Å²) < 4.78 is 0. The van der Waals surface area contributed by atoms with Gasteiger partial charge in [-0.1, -0.05) is 41.9 Å². The Labute approximate surface area is 204 Å². The summed E-state index contributed by atoms with van der Waals surface area (Å²) in [5.41, 5.74) is 0.678. The number of likely N-dealkylation sites (tertiary alicyclic amines) is 2. The number of carbonyl (C=O) groups excluding carboxylic acids is 3. The number of halogens is 1. The topological polar surface area (TPSA) is 64.2 Å². The molecule has 5 rings (SSSR count). The van der Waals surface area contributed by atoms with Crippen molar-refractivity contribution in [3.05, 3.63) is 65.2 Å². The van der Waals surface area contributed by atoms with Gasteiger partial charge in [0.15, 0.2) is 0 Å². The molecule has 3 amide bonds. The average Bonchev–Trinajstić information content (AvgIpc) is 3.49. The molecule has 3 fully saturated rings. The summed E-state index contributed by atoms with van der Waals surface area (Å²) in [7, 11) is 0. The number of piperidine rings is 1. The number of amides is 3. The van der Waals surface area contributed by atoms with Crippen molar-refractivity contribution in [2.75, 3.05) is 44.3 Å². The Hall–Kier alpha value is -3.06. The molecule has 0 radical (unpaired) electrons. The van der Waals surface area contributed by atoms with E-state index in [1.165, 1.54) is 0 Å². The molecule has 7 nitrogen and oxygen atoms in total. The minimum atomic E-state index is -0.760. The third kappa shape index (κ3) is 4.02. The van der Waals surface area contributed by atoms with E-state index in [4.69, 9.17) is 11.6 Å². The lowest BCUT2D eigenvalue weighted by molar-refractivity contribution is -0.140. The van der Waals surface area contributed by atoms with Gasteiger partial charge in [-0.15, -0.1) is 0 Å². The summed E-state index contributed by atoms with van der Waals surface area (Å²) in [6, 6.07) is 16.9. The van der Waals surface area contributed by atoms with E-state index in [2.05, 4.69) is 4.90 Å². The zero-order chi connectivity index (χ0) is 23.7. The highest BCUT2D eigenvalue weighted by molar-refractivity contribution is 6.33. The molecule has 3 heterocycles. The van der Waals surface area contributed by atoms with Gasteiger partial charge in [0.05, 0.1) is 17.3 Å². The minimum absolute atomic E-state index is 0.0160. The van der Waals surface area contributed by atoms with Crippen molar-refractivity contribution in [2.24, 2.45) is 0 Å². The molecular weight excluding hydrogens is 452 g/mol. The Morgan fingerprint density at radius 2 is 1.50 bits per heavy atom. The van der Waals surface area contributed by atoms with Crippen molar-refractivity contribution >= 4 is 35.0 Å². The number of anilines is 1. The van der Waals surface area contributed by atoms with Crippen molar-refractivity contribution in [1.82, 2.24) is 14.7 Å². The van der Waals surface area contributed by atoms with E-state index >= 15 is 0 Å². The minimum Gasteiger partial charge on any atom is -0.341 e. The molecule has 8 heteroatoms. The fraction of sp³-hybridized carbons (Fsp3) is 0.423. The first-order chi connectivity index (χ1) is 16.5. The molecule has 0 bridgehead atoms. The van der Waals surface area contributed by atoms with Crippen molar-refractivity contribution in [2.45, 2.75) is 31.2 Å². The Kier molecular flexibility index (Phi) is 6.21. The van der Waals surface area contributed by atoms with Crippen LogP contribution in [0.25, 0.3) is 0 Å². The van der Waals surface area contributed by atoms with Crippen molar-refractivity contribution in [3.63, 3.8) is 0 Å². The second kappa shape index (κ2) is 9.29. The second-order valence-electron chi connectivity index (χ2n) is 9.30. The van der Waals surface area contributed by atoms with E-state index in [9.17, 15) is 14.4 Å². The number of hydrogen-bond donors (Lipinski definition) is 0. The van der Waals surface area contributed by atoms with E-state index < -0.39 is 5.54 Å². The number of carbonyl (C=O) groups is 3. The monoisotopic (exact) mass is 480 g/mol. The number of para-hydroxylation sites is 1. The zero-order valence-corrected chi connectivity index (χ0v) is 19.9. The SMILES string of the molecule is O=C(CN1CN(c2ccccc2)C2(CCN(C(=O)c3ccccc3Cl)CC2)C1=O)N1CCCC1. The zero-order valence-electron chi connectivity index (χ0n) is 19.2. The van der Waals surface area contributed by atoms with Crippen LogP contribution in [0.4, 0.5) is 5.69 Å². The van der Waals surface area contributed by atoms with Crippen LogP contribution in [0.2, 0.25) is 5.02 Å². The molecular formula is C26H29ClN4O3. The molecule has 0 atom stereocenters. The van der Waals surface area contributed by atoms with Gasteiger partial charge >= 0.3 is 0 Å². The lowest BCUT2D eigenvalue weighted by Gasteiger charge is -2.43. The standard InChI is InChI=1S/C26H29ClN4O3/c27-22-11-5-4-10-21(22)24(33)29-16-12-26(13-17-29)25(34)30(18-23(32)28-14-6-7-15-28)19-31(26)20-8-2-1-3-9-20/h1-5,8-11H,6-7,12-19H2. The normalized spacial score (nSPS) is 19.9. The highest BCUT2D eigenvalue weighted by atomic mass is 35.5. The van der Waals surface area contributed by atoms with Gasteiger partial charge in [-0.25, -0.2) is 0 Å². The summed E-state index contributed by atoms with van der Waals surface area (Å²) in [6.45, 7) is 2.92. The molecule has 3 saturated heterocycles. The van der Waals surface area contributed by atoms with Crippen LogP contribution in [0, 0.1) is 0 Å². The van der Waals surface area contributed by atoms with E-state index in [0.717, 1.165) is 31.6 Å². The van der Waals surface area contributed by atoms with Gasteiger partial charge in [0.2, 0.25) is 5.91 Å². The molecule has 0 saturated carbocycles. The summed E-state index contributed by atoms with van der Waals surface area (Å²) in [4.78, 5) is 47.2. The molecule has 1 spiro atoms. The van der Waals surface area contributed by atoms with Crippen LogP contribution in [0.5, 0.6) is 0 Å². The van der Waals surface area contributed by atoms with Crippen LogP contribution in [0.3, 0.4) is 0 Å². The quantitative estimate of drug-likeness (QED) is 0.674. The van der Waals surface area contributed by atoms with Gasteiger partial charge in [-0.3, -0.25) is 14.4 Å². The largest absolute Gasteiger partial charge is 0.341 e. The Balaban J connectivity index is 1.37. The van der Waals surface area contributed by atoms with Gasteiger partial charge in [-0.05, 0) is 49.9 Å². The predicted octanol–water partition coefficient (Wildman–Crippen LogP) is 3.24. The Morgan fingerprint density at radius 3 is 2.18 bits per heavy atom. The van der Waals surface area contributed by atoms with Gasteiger partial charge in [0.25, 0.3) is 11.8 Å². The highest BCUT2D eigenvalue weighted by Crippen LogP contribution is 2.40. The maximum atomic E-state index is 13.8. The number of rotatable bonds is 4. The van der Waals surface area contributed by atoms with Gasteiger partial charge in [0, 0.05) is 31.9 Å². The maximum absolute atomic E-state index is 13.8. The third-order valence-corrected chi connectivity index (χ3v) is 7.68. The first-order valence-electron chi connectivity index (χ1n) is 11.9. The molecule has 34 heavy (non-hydrogen) atoms. The van der Waals surface area contributed by atoms with E-state index in [0.29, 0.717) is 43.2 Å². The third-order valence-electron chi connectivity index (χ3n) is 7.35. The Bertz CT molecular complexity index is 1080. The van der Waals surface area contributed by atoms with Crippen molar-refractivity contribution < 1.29 is 14.4 Å². The smallest absolute Gasteiger partial charge is 0.255 e. The van der Waals surface area contributed by atoms with Gasteiger partial charge in [0.1, 0.15) is 12.1 Å². The molecule has 3 aliphatic heterocycles. The number of hydrogen-bond acceptors (Lipinski definition) is 4. The summed E-state index contributed by atoms with van der Waals surface area (Å²) in [5.74, 6) is -0.116. The first-order valence-corrected chi connectivity index (χ1v) is 12.3. The fourth-order valence-corrected chi connectivity index (χ4v) is 5.65. The van der Waals surface area contributed by atoms with E-state index in [1.54, 1.807) is 34.1 Å². The molecule has 0 unspecified atom stereocenters. The van der Waals surface area contributed by atoms with Crippen molar-refractivity contribution in [3.8, 4) is 0 Å². The average molecular weight is 481 g/mol. The number of benzene rings is 2. The lowest BCUT2D eigenvalue weighted by atomic mass is 9.85. The summed E-state index contributed by atoms with van der Waals surface area (Å²) in [6.07, 6.45) is 3.06. The van der Waals surface area contributed by atoms with E-state index in [1.807, 2.05) is 35.2 Å². The molecule has 2 aromatic carbocycles. The summed E-state index contributed by atoms with van der Waals surface area (Å²) in [5, 5.41) is 0.433. The maximum Gasteiger partial charge on any atom is 0.255 e. The molecule has 2 aromatic rings. The van der Waals surface area contributed by atoms with Gasteiger partial charge in [-0.2, -0.15) is 0 Å². The lowest BCUT2D eigenvalue weighted by Crippen LogP contribution is -2.57. The molecule has 178 valence electrons. The van der Waals surface area contributed by atoms with Gasteiger partial charge < -0.3 is 19.6 Å². The van der Waals surface area contributed by atoms with Crippen LogP contribution < -0.4 is 4.90 Å². The number of nitrogens with zero attached hydrogens (tertiary/aromatic N) is 4. The molecule has 0 aromatic heterocycles. The first kappa shape index (κ1) is 22.7.